The van der Waals surface area contributed by atoms with Crippen LogP contribution in [-0.2, 0) is 11.4 Å². The number of hydrogen-bond donors (Lipinski definition) is 0. The van der Waals surface area contributed by atoms with Gasteiger partial charge >= 0.3 is 0 Å². The highest BCUT2D eigenvalue weighted by molar-refractivity contribution is 6.35. The lowest BCUT2D eigenvalue weighted by molar-refractivity contribution is 0.132. The summed E-state index contributed by atoms with van der Waals surface area (Å²) in [7, 11) is 2.00. The summed E-state index contributed by atoms with van der Waals surface area (Å²) in [5.41, 5.74) is 4.95. The van der Waals surface area contributed by atoms with E-state index in [1.165, 1.54) is 0 Å². The molecule has 0 amide bonds. The first-order valence-corrected chi connectivity index (χ1v) is 9.11. The first-order chi connectivity index (χ1) is 12.4. The minimum atomic E-state index is 0.288. The molecule has 0 spiro atoms. The summed E-state index contributed by atoms with van der Waals surface area (Å²) in [6, 6.07) is 9.39. The van der Waals surface area contributed by atoms with Crippen LogP contribution in [0.15, 0.2) is 40.5 Å². The number of hydrogen-bond acceptors (Lipinski definition) is 3. The topological polar surface area (TPSA) is 37.2 Å². The first-order valence-electron chi connectivity index (χ1n) is 8.35. The molecule has 0 atom stereocenters. The number of nitrogens with zero attached hydrogens (tertiary/aromatic N) is 3. The van der Waals surface area contributed by atoms with Crippen molar-refractivity contribution in [1.29, 1.82) is 0 Å². The summed E-state index contributed by atoms with van der Waals surface area (Å²) in [6.45, 7) is 7.35. The van der Waals surface area contributed by atoms with Gasteiger partial charge in [-0.25, -0.2) is 4.99 Å². The second kappa shape index (κ2) is 9.60. The summed E-state index contributed by atoms with van der Waals surface area (Å²) >= 11 is 12.0. The minimum absolute atomic E-state index is 0.288. The van der Waals surface area contributed by atoms with Gasteiger partial charge in [-0.15, -0.1) is 0 Å². The van der Waals surface area contributed by atoms with Gasteiger partial charge in [0.1, 0.15) is 6.61 Å². The van der Waals surface area contributed by atoms with Crippen LogP contribution in [0.25, 0.3) is 0 Å². The largest absolute Gasteiger partial charge is 0.391 e. The van der Waals surface area contributed by atoms with E-state index in [1.54, 1.807) is 18.3 Å². The Bertz CT molecular complexity index is 819. The molecular formula is C20H23Cl2N3O. The molecule has 0 N–H and O–H groups in total. The Morgan fingerprint density at radius 3 is 2.58 bits per heavy atom. The Hall–Kier alpha value is -2.04. The van der Waals surface area contributed by atoms with E-state index in [-0.39, 0.29) is 6.61 Å². The molecule has 0 radical (unpaired) electrons. The lowest BCUT2D eigenvalue weighted by Crippen LogP contribution is -2.14. The molecule has 0 fully saturated rings. The van der Waals surface area contributed by atoms with Crippen molar-refractivity contribution in [2.75, 3.05) is 13.6 Å². The fourth-order valence-electron chi connectivity index (χ4n) is 2.18. The molecule has 2 aromatic carbocycles. The third kappa shape index (κ3) is 5.75. The number of halogens is 2. The molecule has 0 unspecified atom stereocenters. The molecule has 0 saturated heterocycles. The van der Waals surface area contributed by atoms with Crippen molar-refractivity contribution >= 4 is 41.4 Å². The lowest BCUT2D eigenvalue weighted by atomic mass is 10.0. The van der Waals surface area contributed by atoms with Gasteiger partial charge in [-0.1, -0.05) is 34.4 Å². The average Bonchev–Trinajstić information content (AvgIpc) is 2.61. The number of rotatable bonds is 7. The van der Waals surface area contributed by atoms with Crippen molar-refractivity contribution in [3.63, 3.8) is 0 Å². The molecule has 4 nitrogen and oxygen atoms in total. The highest BCUT2D eigenvalue weighted by Crippen LogP contribution is 2.23. The second-order valence-corrected chi connectivity index (χ2v) is 6.90. The van der Waals surface area contributed by atoms with Crippen molar-refractivity contribution in [3.05, 3.63) is 62.6 Å². The van der Waals surface area contributed by atoms with Crippen molar-refractivity contribution in [1.82, 2.24) is 4.90 Å². The summed E-state index contributed by atoms with van der Waals surface area (Å²) in [4.78, 5) is 11.9. The molecule has 26 heavy (non-hydrogen) atoms. The predicted molar refractivity (Wildman–Crippen MR) is 111 cm³/mol. The molecule has 6 heteroatoms. The number of aliphatic imine (C=N–C) groups is 1. The molecule has 2 rings (SSSR count). The molecule has 0 aliphatic heterocycles. The number of oxime groups is 1. The van der Waals surface area contributed by atoms with Crippen LogP contribution in [0, 0.1) is 13.8 Å². The standard InChI is InChI=1S/C20H23Cl2N3O/c1-5-25(4)13-23-20-9-14(2)17(8-15(20)3)11-24-26-12-16-6-7-18(21)10-19(16)22/h6-11,13H,5,12H2,1-4H3/b23-13-,24-11+. The van der Waals surface area contributed by atoms with E-state index in [0.29, 0.717) is 10.0 Å². The highest BCUT2D eigenvalue weighted by Gasteiger charge is 2.04. The molecule has 0 aromatic heterocycles. The van der Waals surface area contributed by atoms with Crippen LogP contribution in [-0.4, -0.2) is 31.0 Å². The van der Waals surface area contributed by atoms with Crippen LogP contribution in [0.4, 0.5) is 5.69 Å². The van der Waals surface area contributed by atoms with Gasteiger partial charge in [0.2, 0.25) is 0 Å². The van der Waals surface area contributed by atoms with Crippen LogP contribution >= 0.6 is 23.2 Å². The maximum atomic E-state index is 6.12. The Kier molecular flexibility index (Phi) is 7.49. The number of aryl methyl sites for hydroxylation is 2. The molecule has 0 aliphatic rings. The van der Waals surface area contributed by atoms with E-state index < -0.39 is 0 Å². The van der Waals surface area contributed by atoms with Gasteiger partial charge in [-0.2, -0.15) is 0 Å². The van der Waals surface area contributed by atoms with Crippen molar-refractivity contribution in [2.24, 2.45) is 10.1 Å². The molecule has 0 bridgehead atoms. The van der Waals surface area contributed by atoms with Crippen LogP contribution < -0.4 is 0 Å². The molecular weight excluding hydrogens is 369 g/mol. The van der Waals surface area contributed by atoms with Gasteiger partial charge in [0.25, 0.3) is 0 Å². The smallest absolute Gasteiger partial charge is 0.143 e. The first kappa shape index (κ1) is 20.3. The maximum Gasteiger partial charge on any atom is 0.143 e. The van der Waals surface area contributed by atoms with E-state index in [0.717, 1.165) is 34.5 Å². The van der Waals surface area contributed by atoms with Gasteiger partial charge in [-0.05, 0) is 61.7 Å². The molecule has 2 aromatic rings. The van der Waals surface area contributed by atoms with Gasteiger partial charge in [0, 0.05) is 29.2 Å². The quantitative estimate of drug-likeness (QED) is 0.341. The van der Waals surface area contributed by atoms with Crippen molar-refractivity contribution in [3.8, 4) is 0 Å². The zero-order chi connectivity index (χ0) is 19.1. The van der Waals surface area contributed by atoms with Gasteiger partial charge < -0.3 is 9.74 Å². The SMILES string of the molecule is CCN(C)/C=N\c1cc(C)c(/C=N/OCc2ccc(Cl)cc2Cl)cc1C. The molecule has 0 saturated carbocycles. The Morgan fingerprint density at radius 2 is 1.88 bits per heavy atom. The average molecular weight is 392 g/mol. The van der Waals surface area contributed by atoms with Crippen molar-refractivity contribution < 1.29 is 4.84 Å². The van der Waals surface area contributed by atoms with E-state index in [2.05, 4.69) is 23.1 Å². The van der Waals surface area contributed by atoms with Gasteiger partial charge in [0.15, 0.2) is 0 Å². The number of benzene rings is 2. The third-order valence-corrected chi connectivity index (χ3v) is 4.57. The van der Waals surface area contributed by atoms with E-state index in [4.69, 9.17) is 28.0 Å². The van der Waals surface area contributed by atoms with Crippen LogP contribution in [0.2, 0.25) is 10.0 Å². The summed E-state index contributed by atoms with van der Waals surface area (Å²) in [5, 5.41) is 5.22. The fourth-order valence-corrected chi connectivity index (χ4v) is 2.65. The van der Waals surface area contributed by atoms with E-state index in [9.17, 15) is 0 Å². The fraction of sp³-hybridized carbons (Fsp3) is 0.300. The second-order valence-electron chi connectivity index (χ2n) is 6.06. The van der Waals surface area contributed by atoms with E-state index in [1.807, 2.05) is 44.3 Å². The Labute approximate surface area is 165 Å². The summed E-state index contributed by atoms with van der Waals surface area (Å²) in [6.07, 6.45) is 3.55. The highest BCUT2D eigenvalue weighted by atomic mass is 35.5. The zero-order valence-electron chi connectivity index (χ0n) is 15.5. The van der Waals surface area contributed by atoms with Gasteiger partial charge in [-0.3, -0.25) is 0 Å². The lowest BCUT2D eigenvalue weighted by Gasteiger charge is -2.10. The zero-order valence-corrected chi connectivity index (χ0v) is 17.0. The predicted octanol–water partition coefficient (Wildman–Crippen LogP) is 5.77. The minimum Gasteiger partial charge on any atom is -0.391 e. The summed E-state index contributed by atoms with van der Waals surface area (Å²) < 4.78 is 0. The third-order valence-electron chi connectivity index (χ3n) is 3.98. The van der Waals surface area contributed by atoms with Crippen LogP contribution in [0.3, 0.4) is 0 Å². The van der Waals surface area contributed by atoms with E-state index >= 15 is 0 Å². The summed E-state index contributed by atoms with van der Waals surface area (Å²) in [5.74, 6) is 0. The van der Waals surface area contributed by atoms with Crippen molar-refractivity contribution in [2.45, 2.75) is 27.4 Å². The monoisotopic (exact) mass is 391 g/mol. The maximum absolute atomic E-state index is 6.12. The van der Waals surface area contributed by atoms with Crippen LogP contribution in [0.5, 0.6) is 0 Å². The molecule has 138 valence electrons. The molecule has 0 heterocycles. The molecule has 0 aliphatic carbocycles. The van der Waals surface area contributed by atoms with Gasteiger partial charge in [0.05, 0.1) is 18.2 Å². The van der Waals surface area contributed by atoms with Crippen LogP contribution in [0.1, 0.15) is 29.2 Å². The Balaban J connectivity index is 2.03. The normalized spacial score (nSPS) is 11.5. The Morgan fingerprint density at radius 1 is 1.12 bits per heavy atom.